The molecule has 1 heterocycles. The number of amides is 1. The molecule has 0 bridgehead atoms. The van der Waals surface area contributed by atoms with Gasteiger partial charge in [-0.2, -0.15) is 0 Å². The van der Waals surface area contributed by atoms with Crippen molar-refractivity contribution in [2.45, 2.75) is 13.0 Å². The van der Waals surface area contributed by atoms with Crippen LogP contribution in [0.4, 0.5) is 4.39 Å². The van der Waals surface area contributed by atoms with Crippen LogP contribution in [0.25, 0.3) is 5.57 Å². The lowest BCUT2D eigenvalue weighted by Crippen LogP contribution is -2.48. The van der Waals surface area contributed by atoms with E-state index in [-0.39, 0.29) is 24.9 Å². The molecular formula is C15H16FNO4. The Labute approximate surface area is 121 Å². The molecule has 1 unspecified atom stereocenters. The molecule has 6 heteroatoms. The van der Waals surface area contributed by atoms with E-state index in [1.807, 2.05) is 0 Å². The summed E-state index contributed by atoms with van der Waals surface area (Å²) in [6, 6.07) is 5.83. The average molecular weight is 293 g/mol. The molecule has 1 aromatic carbocycles. The van der Waals surface area contributed by atoms with E-state index in [1.54, 1.807) is 19.1 Å². The third kappa shape index (κ3) is 3.88. The fourth-order valence-corrected chi connectivity index (χ4v) is 2.07. The number of halogens is 1. The van der Waals surface area contributed by atoms with Gasteiger partial charge >= 0.3 is 5.97 Å². The summed E-state index contributed by atoms with van der Waals surface area (Å²) in [6.07, 6.45) is 0.444. The highest BCUT2D eigenvalue weighted by atomic mass is 19.1. The molecular weight excluding hydrogens is 277 g/mol. The van der Waals surface area contributed by atoms with Gasteiger partial charge in [-0.25, -0.2) is 9.18 Å². The van der Waals surface area contributed by atoms with E-state index in [4.69, 9.17) is 9.84 Å². The van der Waals surface area contributed by atoms with Crippen LogP contribution in [0, 0.1) is 5.82 Å². The average Bonchev–Trinajstić information content (AvgIpc) is 2.48. The summed E-state index contributed by atoms with van der Waals surface area (Å²) in [6.45, 7) is 2.34. The summed E-state index contributed by atoms with van der Waals surface area (Å²) in [7, 11) is 0. The van der Waals surface area contributed by atoms with Gasteiger partial charge in [0.2, 0.25) is 5.91 Å². The van der Waals surface area contributed by atoms with Crippen LogP contribution in [-0.4, -0.2) is 47.7 Å². The molecule has 1 atom stereocenters. The van der Waals surface area contributed by atoms with E-state index in [0.717, 1.165) is 5.56 Å². The number of hydrogen-bond acceptors (Lipinski definition) is 3. The van der Waals surface area contributed by atoms with Gasteiger partial charge in [0.15, 0.2) is 6.10 Å². The van der Waals surface area contributed by atoms with Crippen molar-refractivity contribution in [3.8, 4) is 0 Å². The topological polar surface area (TPSA) is 66.8 Å². The van der Waals surface area contributed by atoms with E-state index in [9.17, 15) is 14.0 Å². The van der Waals surface area contributed by atoms with Gasteiger partial charge in [-0.05, 0) is 30.2 Å². The summed E-state index contributed by atoms with van der Waals surface area (Å²) in [5.41, 5.74) is 1.44. The zero-order chi connectivity index (χ0) is 15.4. The molecule has 2 rings (SSSR count). The molecule has 0 saturated carbocycles. The molecule has 1 aliphatic heterocycles. The van der Waals surface area contributed by atoms with Gasteiger partial charge in [0, 0.05) is 12.6 Å². The van der Waals surface area contributed by atoms with E-state index >= 15 is 0 Å². The number of nitrogens with zero attached hydrogens (tertiary/aromatic N) is 1. The number of aliphatic carboxylic acids is 1. The maximum Gasteiger partial charge on any atom is 0.334 e. The fourth-order valence-electron chi connectivity index (χ4n) is 2.07. The van der Waals surface area contributed by atoms with Crippen LogP contribution in [0.15, 0.2) is 30.3 Å². The lowest BCUT2D eigenvalue weighted by molar-refractivity contribution is -0.158. The van der Waals surface area contributed by atoms with E-state index in [1.165, 1.54) is 23.1 Å². The van der Waals surface area contributed by atoms with Crippen molar-refractivity contribution in [3.63, 3.8) is 0 Å². The van der Waals surface area contributed by atoms with Gasteiger partial charge in [0.05, 0.1) is 13.2 Å². The molecule has 1 saturated heterocycles. The minimum absolute atomic E-state index is 0.0291. The summed E-state index contributed by atoms with van der Waals surface area (Å²) in [5.74, 6) is -1.69. The number of carboxylic acid groups (broad SMARTS) is 1. The van der Waals surface area contributed by atoms with Crippen molar-refractivity contribution in [3.05, 3.63) is 41.7 Å². The number of carboxylic acids is 1. The van der Waals surface area contributed by atoms with Crippen LogP contribution in [0.5, 0.6) is 0 Å². The van der Waals surface area contributed by atoms with Crippen molar-refractivity contribution in [1.82, 2.24) is 4.90 Å². The Morgan fingerprint density at radius 2 is 2.05 bits per heavy atom. The van der Waals surface area contributed by atoms with E-state index in [2.05, 4.69) is 0 Å². The first kappa shape index (κ1) is 15.2. The van der Waals surface area contributed by atoms with Crippen LogP contribution >= 0.6 is 0 Å². The third-order valence-electron chi connectivity index (χ3n) is 3.29. The molecule has 21 heavy (non-hydrogen) atoms. The summed E-state index contributed by atoms with van der Waals surface area (Å²) < 4.78 is 17.9. The molecule has 112 valence electrons. The maximum absolute atomic E-state index is 12.9. The van der Waals surface area contributed by atoms with Crippen LogP contribution in [0.3, 0.4) is 0 Å². The number of allylic oxidation sites excluding steroid dienone is 1. The molecule has 1 aliphatic rings. The lowest BCUT2D eigenvalue weighted by Gasteiger charge is -2.30. The third-order valence-corrected chi connectivity index (χ3v) is 3.29. The second-order valence-electron chi connectivity index (χ2n) is 4.82. The van der Waals surface area contributed by atoms with Gasteiger partial charge in [0.25, 0.3) is 0 Å². The number of ether oxygens (including phenoxy) is 1. The second-order valence-corrected chi connectivity index (χ2v) is 4.82. The number of rotatable bonds is 3. The van der Waals surface area contributed by atoms with Gasteiger partial charge in [-0.15, -0.1) is 0 Å². The summed E-state index contributed by atoms with van der Waals surface area (Å²) in [4.78, 5) is 24.5. The minimum atomic E-state index is -1.08. The van der Waals surface area contributed by atoms with Gasteiger partial charge in [-0.1, -0.05) is 12.1 Å². The van der Waals surface area contributed by atoms with Crippen molar-refractivity contribution >= 4 is 17.4 Å². The predicted molar refractivity (Wildman–Crippen MR) is 74.0 cm³/mol. The van der Waals surface area contributed by atoms with Crippen molar-refractivity contribution in [2.75, 3.05) is 19.7 Å². The lowest BCUT2D eigenvalue weighted by atomic mass is 10.1. The standard InChI is InChI=1S/C15H16FNO4/c1-10(11-2-4-12(16)5-3-11)8-14(18)17-6-7-21-13(9-17)15(19)20/h2-5,8,13H,6-7,9H2,1H3,(H,19,20). The molecule has 1 amide bonds. The van der Waals surface area contributed by atoms with Gasteiger partial charge < -0.3 is 14.7 Å². The van der Waals surface area contributed by atoms with Crippen molar-refractivity contribution < 1.29 is 23.8 Å². The molecule has 0 aliphatic carbocycles. The summed E-state index contributed by atoms with van der Waals surface area (Å²) >= 11 is 0. The van der Waals surface area contributed by atoms with E-state index in [0.29, 0.717) is 12.1 Å². The zero-order valence-corrected chi connectivity index (χ0v) is 11.6. The SMILES string of the molecule is CC(=CC(=O)N1CCOC(C(=O)O)C1)c1ccc(F)cc1. The largest absolute Gasteiger partial charge is 0.479 e. The second kappa shape index (κ2) is 6.49. The van der Waals surface area contributed by atoms with E-state index < -0.39 is 12.1 Å². The maximum atomic E-state index is 12.9. The molecule has 1 N–H and O–H groups in total. The number of carbonyl (C=O) groups is 2. The Bertz CT molecular complexity index is 568. The van der Waals surface area contributed by atoms with Crippen LogP contribution in [0.2, 0.25) is 0 Å². The predicted octanol–water partition coefficient (Wildman–Crippen LogP) is 1.54. The van der Waals surface area contributed by atoms with Gasteiger partial charge in [0.1, 0.15) is 5.82 Å². The number of benzene rings is 1. The van der Waals surface area contributed by atoms with Crippen LogP contribution < -0.4 is 0 Å². The van der Waals surface area contributed by atoms with Crippen LogP contribution in [0.1, 0.15) is 12.5 Å². The normalized spacial score (nSPS) is 19.4. The highest BCUT2D eigenvalue weighted by Gasteiger charge is 2.28. The Morgan fingerprint density at radius 1 is 1.38 bits per heavy atom. The first-order valence-corrected chi connectivity index (χ1v) is 6.55. The number of carbonyl (C=O) groups excluding carboxylic acids is 1. The fraction of sp³-hybridized carbons (Fsp3) is 0.333. The highest BCUT2D eigenvalue weighted by Crippen LogP contribution is 2.15. The first-order valence-electron chi connectivity index (χ1n) is 6.55. The Balaban J connectivity index is 2.07. The number of hydrogen-bond donors (Lipinski definition) is 1. The summed E-state index contributed by atoms with van der Waals surface area (Å²) in [5, 5.41) is 8.91. The zero-order valence-electron chi connectivity index (χ0n) is 11.6. The smallest absolute Gasteiger partial charge is 0.334 e. The minimum Gasteiger partial charge on any atom is -0.479 e. The Hall–Kier alpha value is -2.21. The molecule has 0 radical (unpaired) electrons. The molecule has 0 spiro atoms. The Kier molecular flexibility index (Phi) is 4.70. The Morgan fingerprint density at radius 3 is 2.67 bits per heavy atom. The quantitative estimate of drug-likeness (QED) is 0.859. The van der Waals surface area contributed by atoms with Crippen molar-refractivity contribution in [1.29, 1.82) is 0 Å². The molecule has 0 aromatic heterocycles. The monoisotopic (exact) mass is 293 g/mol. The molecule has 1 fully saturated rings. The molecule has 5 nitrogen and oxygen atoms in total. The first-order chi connectivity index (χ1) is 9.97. The number of morpholine rings is 1. The van der Waals surface area contributed by atoms with Gasteiger partial charge in [-0.3, -0.25) is 4.79 Å². The molecule has 1 aromatic rings. The highest BCUT2D eigenvalue weighted by molar-refractivity contribution is 5.95. The van der Waals surface area contributed by atoms with Crippen LogP contribution in [-0.2, 0) is 14.3 Å². The van der Waals surface area contributed by atoms with Crippen molar-refractivity contribution in [2.24, 2.45) is 0 Å².